The highest BCUT2D eigenvalue weighted by molar-refractivity contribution is 5.78. The molecule has 0 aliphatic heterocycles. The van der Waals surface area contributed by atoms with E-state index in [0.29, 0.717) is 6.54 Å². The molecule has 0 spiro atoms. The Labute approximate surface area is 109 Å². The van der Waals surface area contributed by atoms with Gasteiger partial charge in [-0.15, -0.1) is 0 Å². The van der Waals surface area contributed by atoms with Crippen molar-refractivity contribution in [1.82, 2.24) is 5.32 Å². The van der Waals surface area contributed by atoms with Crippen LogP contribution in [-0.4, -0.2) is 11.0 Å². The fourth-order valence-corrected chi connectivity index (χ4v) is 2.09. The zero-order valence-electron chi connectivity index (χ0n) is 11.3. The van der Waals surface area contributed by atoms with Crippen LogP contribution in [0.5, 0.6) is 5.75 Å². The number of para-hydroxylation sites is 1. The molecule has 1 aromatic carbocycles. The molecule has 0 aliphatic rings. The molecule has 100 valence electrons. The number of carbonyl (C=O) groups excluding carboxylic acids is 1. The summed E-state index contributed by atoms with van der Waals surface area (Å²) in [6.45, 7) is 4.59. The number of rotatable bonds is 7. The molecule has 1 aromatic rings. The second-order valence-corrected chi connectivity index (χ2v) is 4.62. The summed E-state index contributed by atoms with van der Waals surface area (Å²) in [6.07, 6.45) is 3.91. The fraction of sp³-hybridized carbons (Fsp3) is 0.533. The zero-order valence-corrected chi connectivity index (χ0v) is 11.3. The molecule has 2 N–H and O–H groups in total. The van der Waals surface area contributed by atoms with E-state index in [1.54, 1.807) is 12.1 Å². The molecule has 0 heterocycles. The highest BCUT2D eigenvalue weighted by atomic mass is 16.3. The van der Waals surface area contributed by atoms with Gasteiger partial charge in [0.2, 0.25) is 5.91 Å². The van der Waals surface area contributed by atoms with Crippen LogP contribution in [0.2, 0.25) is 0 Å². The molecule has 0 unspecified atom stereocenters. The number of nitrogens with one attached hydrogen (secondary N) is 1. The number of phenols is 1. The SMILES string of the molecule is CCCC(CCC)C(=O)NCc1ccccc1O. The Hall–Kier alpha value is -1.51. The molecule has 3 heteroatoms. The molecule has 0 fully saturated rings. The van der Waals surface area contributed by atoms with Gasteiger partial charge in [0.15, 0.2) is 0 Å². The predicted octanol–water partition coefficient (Wildman–Crippen LogP) is 3.22. The second-order valence-electron chi connectivity index (χ2n) is 4.62. The average Bonchev–Trinajstić information content (AvgIpc) is 2.37. The van der Waals surface area contributed by atoms with E-state index in [1.165, 1.54) is 0 Å². The molecule has 0 aliphatic carbocycles. The van der Waals surface area contributed by atoms with E-state index in [-0.39, 0.29) is 17.6 Å². The van der Waals surface area contributed by atoms with Crippen molar-refractivity contribution in [3.05, 3.63) is 29.8 Å². The van der Waals surface area contributed by atoms with Crippen LogP contribution < -0.4 is 5.32 Å². The highest BCUT2D eigenvalue weighted by Gasteiger charge is 2.16. The van der Waals surface area contributed by atoms with Crippen molar-refractivity contribution in [1.29, 1.82) is 0 Å². The monoisotopic (exact) mass is 249 g/mol. The first-order valence-electron chi connectivity index (χ1n) is 6.73. The number of carbonyl (C=O) groups is 1. The summed E-state index contributed by atoms with van der Waals surface area (Å²) in [5.74, 6) is 0.438. The third-order valence-corrected chi connectivity index (χ3v) is 3.09. The Bertz CT molecular complexity index is 371. The Morgan fingerprint density at radius 2 is 1.83 bits per heavy atom. The van der Waals surface area contributed by atoms with Gasteiger partial charge in [0, 0.05) is 18.0 Å². The van der Waals surface area contributed by atoms with Gasteiger partial charge < -0.3 is 10.4 Å². The molecule has 0 bridgehead atoms. The Morgan fingerprint density at radius 1 is 1.22 bits per heavy atom. The Balaban J connectivity index is 2.51. The van der Waals surface area contributed by atoms with Crippen LogP contribution in [0.15, 0.2) is 24.3 Å². The maximum absolute atomic E-state index is 12.0. The number of benzene rings is 1. The second kappa shape index (κ2) is 7.75. The summed E-state index contributed by atoms with van der Waals surface area (Å²) >= 11 is 0. The maximum Gasteiger partial charge on any atom is 0.223 e. The van der Waals surface area contributed by atoms with Crippen molar-refractivity contribution in [3.63, 3.8) is 0 Å². The van der Waals surface area contributed by atoms with Crippen LogP contribution >= 0.6 is 0 Å². The normalized spacial score (nSPS) is 10.6. The van der Waals surface area contributed by atoms with Gasteiger partial charge in [-0.05, 0) is 18.9 Å². The first kappa shape index (κ1) is 14.6. The van der Waals surface area contributed by atoms with Crippen molar-refractivity contribution in [2.45, 2.75) is 46.1 Å². The minimum Gasteiger partial charge on any atom is -0.508 e. The molecule has 1 amide bonds. The first-order chi connectivity index (χ1) is 8.69. The van der Waals surface area contributed by atoms with Gasteiger partial charge in [-0.2, -0.15) is 0 Å². The molecular formula is C15H23NO2. The number of hydrogen-bond acceptors (Lipinski definition) is 2. The van der Waals surface area contributed by atoms with Gasteiger partial charge in [-0.25, -0.2) is 0 Å². The van der Waals surface area contributed by atoms with Gasteiger partial charge in [0.1, 0.15) is 5.75 Å². The van der Waals surface area contributed by atoms with Gasteiger partial charge in [-0.3, -0.25) is 4.79 Å². The minimum absolute atomic E-state index is 0.0990. The maximum atomic E-state index is 12.0. The molecule has 18 heavy (non-hydrogen) atoms. The summed E-state index contributed by atoms with van der Waals surface area (Å²) < 4.78 is 0. The molecule has 0 aromatic heterocycles. The molecular weight excluding hydrogens is 226 g/mol. The molecule has 0 atom stereocenters. The van der Waals surface area contributed by atoms with E-state index >= 15 is 0 Å². The number of aromatic hydroxyl groups is 1. The van der Waals surface area contributed by atoms with E-state index in [0.717, 1.165) is 31.2 Å². The third-order valence-electron chi connectivity index (χ3n) is 3.09. The topological polar surface area (TPSA) is 49.3 Å². The van der Waals surface area contributed by atoms with Crippen molar-refractivity contribution in [2.75, 3.05) is 0 Å². The summed E-state index contributed by atoms with van der Waals surface area (Å²) in [4.78, 5) is 12.0. The van der Waals surface area contributed by atoms with Gasteiger partial charge in [0.05, 0.1) is 0 Å². The molecule has 1 rings (SSSR count). The van der Waals surface area contributed by atoms with E-state index in [2.05, 4.69) is 19.2 Å². The lowest BCUT2D eigenvalue weighted by Gasteiger charge is -2.15. The summed E-state index contributed by atoms with van der Waals surface area (Å²) in [5, 5.41) is 12.5. The van der Waals surface area contributed by atoms with Gasteiger partial charge in [-0.1, -0.05) is 44.9 Å². The quantitative estimate of drug-likeness (QED) is 0.779. The van der Waals surface area contributed by atoms with Crippen LogP contribution in [0.3, 0.4) is 0 Å². The predicted molar refractivity (Wildman–Crippen MR) is 73.3 cm³/mol. The summed E-state index contributed by atoms with van der Waals surface area (Å²) in [5.41, 5.74) is 0.762. The number of amides is 1. The summed E-state index contributed by atoms with van der Waals surface area (Å²) in [6, 6.07) is 7.09. The van der Waals surface area contributed by atoms with Crippen molar-refractivity contribution in [2.24, 2.45) is 5.92 Å². The average molecular weight is 249 g/mol. The molecule has 0 saturated carbocycles. The minimum atomic E-state index is 0.0990. The van der Waals surface area contributed by atoms with E-state index in [9.17, 15) is 9.90 Å². The van der Waals surface area contributed by atoms with E-state index in [4.69, 9.17) is 0 Å². The van der Waals surface area contributed by atoms with Gasteiger partial charge in [0.25, 0.3) is 0 Å². The summed E-state index contributed by atoms with van der Waals surface area (Å²) in [7, 11) is 0. The fourth-order valence-electron chi connectivity index (χ4n) is 2.09. The lowest BCUT2D eigenvalue weighted by Crippen LogP contribution is -2.30. The highest BCUT2D eigenvalue weighted by Crippen LogP contribution is 2.17. The van der Waals surface area contributed by atoms with Crippen LogP contribution in [0.4, 0.5) is 0 Å². The zero-order chi connectivity index (χ0) is 13.4. The lowest BCUT2D eigenvalue weighted by molar-refractivity contribution is -0.125. The largest absolute Gasteiger partial charge is 0.508 e. The van der Waals surface area contributed by atoms with Crippen LogP contribution in [-0.2, 0) is 11.3 Å². The van der Waals surface area contributed by atoms with E-state index < -0.39 is 0 Å². The van der Waals surface area contributed by atoms with Crippen LogP contribution in [0, 0.1) is 5.92 Å². The van der Waals surface area contributed by atoms with Crippen LogP contribution in [0.25, 0.3) is 0 Å². The number of hydrogen-bond donors (Lipinski definition) is 2. The lowest BCUT2D eigenvalue weighted by atomic mass is 9.97. The van der Waals surface area contributed by atoms with Crippen LogP contribution in [0.1, 0.15) is 45.1 Å². The molecule has 0 radical (unpaired) electrons. The van der Waals surface area contributed by atoms with E-state index in [1.807, 2.05) is 12.1 Å². The number of phenolic OH excluding ortho intramolecular Hbond substituents is 1. The standard InChI is InChI=1S/C15H23NO2/c1-3-7-12(8-4-2)15(18)16-11-13-9-5-6-10-14(13)17/h5-6,9-10,12,17H,3-4,7-8,11H2,1-2H3,(H,16,18). The molecule has 0 saturated heterocycles. The van der Waals surface area contributed by atoms with Crippen molar-refractivity contribution in [3.8, 4) is 5.75 Å². The van der Waals surface area contributed by atoms with Crippen molar-refractivity contribution < 1.29 is 9.90 Å². The van der Waals surface area contributed by atoms with Crippen molar-refractivity contribution >= 4 is 5.91 Å². The van der Waals surface area contributed by atoms with Gasteiger partial charge >= 0.3 is 0 Å². The Kier molecular flexibility index (Phi) is 6.26. The first-order valence-corrected chi connectivity index (χ1v) is 6.73. The smallest absolute Gasteiger partial charge is 0.223 e. The molecule has 3 nitrogen and oxygen atoms in total. The third kappa shape index (κ3) is 4.40. The Morgan fingerprint density at radius 3 is 2.39 bits per heavy atom.